The molecule has 2 N–H and O–H groups in total. The number of nitrogens with one attached hydrogen (secondary N) is 2. The van der Waals surface area contributed by atoms with Gasteiger partial charge in [0.25, 0.3) is 0 Å². The average molecular weight is 275 g/mol. The average Bonchev–Trinajstić information content (AvgIpc) is 2.30. The fourth-order valence-corrected chi connectivity index (χ4v) is 2.52. The molecule has 0 aromatic rings. The topological polar surface area (TPSA) is 41.1 Å². The summed E-state index contributed by atoms with van der Waals surface area (Å²) in [6.07, 6.45) is 5.76. The molecule has 1 saturated heterocycles. The first kappa shape index (κ1) is 17.5. The molecule has 1 amide bonds. The molecule has 0 saturated carbocycles. The number of carbonyl (C=O) groups is 1. The lowest BCUT2D eigenvalue weighted by molar-refractivity contribution is -0.122. The summed E-state index contributed by atoms with van der Waals surface area (Å²) < 4.78 is 0. The second kappa shape index (κ2) is 9.40. The third kappa shape index (κ3) is 6.41. The molecule has 2 unspecified atom stereocenters. The van der Waals surface area contributed by atoms with E-state index in [-0.39, 0.29) is 24.4 Å². The summed E-state index contributed by atoms with van der Waals surface area (Å²) >= 11 is 0. The molecule has 0 bridgehead atoms. The van der Waals surface area contributed by atoms with Gasteiger partial charge in [0.05, 0.1) is 0 Å². The Hall–Kier alpha value is -0.540. The van der Waals surface area contributed by atoms with Crippen molar-refractivity contribution in [1.29, 1.82) is 0 Å². The molecule has 1 heterocycles. The van der Waals surface area contributed by atoms with Gasteiger partial charge in [-0.2, -0.15) is 0 Å². The number of hydrogen-bond donors (Lipinski definition) is 2. The summed E-state index contributed by atoms with van der Waals surface area (Å²) in [6.45, 7) is 10.1. The lowest BCUT2D eigenvalue weighted by atomic mass is 9.84. The zero-order valence-electron chi connectivity index (χ0n) is 11.6. The number of halogens is 1. The van der Waals surface area contributed by atoms with Gasteiger partial charge in [0, 0.05) is 12.5 Å². The second-order valence-corrected chi connectivity index (χ2v) is 5.26. The number of rotatable bonds is 6. The van der Waals surface area contributed by atoms with Gasteiger partial charge in [0.15, 0.2) is 0 Å². The van der Waals surface area contributed by atoms with E-state index in [1.165, 1.54) is 12.8 Å². The Kier molecular flexibility index (Phi) is 9.12. The molecule has 0 aromatic heterocycles. The minimum atomic E-state index is 0. The van der Waals surface area contributed by atoms with Crippen molar-refractivity contribution in [1.82, 2.24) is 10.6 Å². The van der Waals surface area contributed by atoms with Gasteiger partial charge in [0.1, 0.15) is 0 Å². The van der Waals surface area contributed by atoms with Crippen LogP contribution in [-0.2, 0) is 4.79 Å². The van der Waals surface area contributed by atoms with Crippen molar-refractivity contribution in [2.45, 2.75) is 45.6 Å². The fraction of sp³-hybridized carbons (Fsp3) is 0.786. The third-order valence-electron chi connectivity index (χ3n) is 3.62. The van der Waals surface area contributed by atoms with Crippen molar-refractivity contribution in [3.63, 3.8) is 0 Å². The first-order chi connectivity index (χ1) is 8.13. The highest BCUT2D eigenvalue weighted by Crippen LogP contribution is 2.24. The Morgan fingerprint density at radius 1 is 1.44 bits per heavy atom. The molecular formula is C14H27ClN2O. The maximum atomic E-state index is 11.8. The molecule has 1 aliphatic heterocycles. The highest BCUT2D eigenvalue weighted by molar-refractivity contribution is 5.85. The Morgan fingerprint density at radius 2 is 2.06 bits per heavy atom. The summed E-state index contributed by atoms with van der Waals surface area (Å²) in [5.74, 6) is 1.38. The van der Waals surface area contributed by atoms with Crippen molar-refractivity contribution >= 4 is 18.3 Å². The fourth-order valence-electron chi connectivity index (χ4n) is 2.52. The van der Waals surface area contributed by atoms with E-state index < -0.39 is 0 Å². The molecule has 2 atom stereocenters. The van der Waals surface area contributed by atoms with Crippen molar-refractivity contribution in [2.75, 3.05) is 13.1 Å². The van der Waals surface area contributed by atoms with Gasteiger partial charge >= 0.3 is 0 Å². The van der Waals surface area contributed by atoms with Crippen molar-refractivity contribution in [3.05, 3.63) is 12.7 Å². The highest BCUT2D eigenvalue weighted by Gasteiger charge is 2.22. The largest absolute Gasteiger partial charge is 0.353 e. The summed E-state index contributed by atoms with van der Waals surface area (Å²) in [5, 5.41) is 6.39. The lowest BCUT2D eigenvalue weighted by Gasteiger charge is -2.28. The number of piperidine rings is 1. The van der Waals surface area contributed by atoms with Gasteiger partial charge in [-0.3, -0.25) is 4.79 Å². The Labute approximate surface area is 117 Å². The first-order valence-corrected chi connectivity index (χ1v) is 6.74. The first-order valence-electron chi connectivity index (χ1n) is 6.74. The number of hydrogen-bond acceptors (Lipinski definition) is 2. The minimum Gasteiger partial charge on any atom is -0.353 e. The minimum absolute atomic E-state index is 0. The van der Waals surface area contributed by atoms with E-state index in [4.69, 9.17) is 0 Å². The van der Waals surface area contributed by atoms with E-state index >= 15 is 0 Å². The zero-order valence-corrected chi connectivity index (χ0v) is 12.4. The second-order valence-electron chi connectivity index (χ2n) is 5.26. The monoisotopic (exact) mass is 274 g/mol. The van der Waals surface area contributed by atoms with Gasteiger partial charge in [-0.15, -0.1) is 19.0 Å². The molecule has 0 aliphatic carbocycles. The van der Waals surface area contributed by atoms with Crippen LogP contribution in [0.5, 0.6) is 0 Å². The van der Waals surface area contributed by atoms with Crippen LogP contribution >= 0.6 is 12.4 Å². The van der Waals surface area contributed by atoms with Crippen molar-refractivity contribution in [2.24, 2.45) is 11.8 Å². The van der Waals surface area contributed by atoms with Crippen molar-refractivity contribution in [3.8, 4) is 0 Å². The number of amides is 1. The van der Waals surface area contributed by atoms with Gasteiger partial charge < -0.3 is 10.6 Å². The quantitative estimate of drug-likeness (QED) is 0.731. The van der Waals surface area contributed by atoms with E-state index in [9.17, 15) is 4.79 Å². The summed E-state index contributed by atoms with van der Waals surface area (Å²) in [7, 11) is 0. The Morgan fingerprint density at radius 3 is 2.61 bits per heavy atom. The smallest absolute Gasteiger partial charge is 0.220 e. The molecule has 106 valence electrons. The predicted molar refractivity (Wildman–Crippen MR) is 79.0 cm³/mol. The predicted octanol–water partition coefficient (Wildman–Crippen LogP) is 2.51. The summed E-state index contributed by atoms with van der Waals surface area (Å²) in [5.41, 5.74) is 0. The molecule has 3 nitrogen and oxygen atoms in total. The normalized spacial score (nSPS) is 19.4. The van der Waals surface area contributed by atoms with Crippen LogP contribution in [0.3, 0.4) is 0 Å². The van der Waals surface area contributed by atoms with Crippen molar-refractivity contribution < 1.29 is 4.79 Å². The Balaban J connectivity index is 0.00000289. The Bertz CT molecular complexity index is 252. The maximum Gasteiger partial charge on any atom is 0.220 e. The highest BCUT2D eigenvalue weighted by atomic mass is 35.5. The van der Waals surface area contributed by atoms with Gasteiger partial charge in [-0.25, -0.2) is 0 Å². The molecule has 1 aliphatic rings. The van der Waals surface area contributed by atoms with Gasteiger partial charge in [-0.05, 0) is 51.1 Å². The molecular weight excluding hydrogens is 248 g/mol. The summed E-state index contributed by atoms with van der Waals surface area (Å²) in [6, 6.07) is 0.209. The maximum absolute atomic E-state index is 11.8. The SMILES string of the molecule is C=CCC(C)NC(=O)CC(C)C1CCNCC1.Cl. The van der Waals surface area contributed by atoms with Gasteiger partial charge in [0.2, 0.25) is 5.91 Å². The van der Waals surface area contributed by atoms with Crippen LogP contribution < -0.4 is 10.6 Å². The van der Waals surface area contributed by atoms with Crippen LogP contribution in [0.15, 0.2) is 12.7 Å². The summed E-state index contributed by atoms with van der Waals surface area (Å²) in [4.78, 5) is 11.8. The van der Waals surface area contributed by atoms with Crippen LogP contribution in [0, 0.1) is 11.8 Å². The van der Waals surface area contributed by atoms with Crippen LogP contribution in [0.2, 0.25) is 0 Å². The molecule has 1 rings (SSSR count). The lowest BCUT2D eigenvalue weighted by Crippen LogP contribution is -2.36. The van der Waals surface area contributed by atoms with Gasteiger partial charge in [-0.1, -0.05) is 13.0 Å². The molecule has 4 heteroatoms. The van der Waals surface area contributed by atoms with E-state index in [0.717, 1.165) is 19.5 Å². The molecule has 0 radical (unpaired) electrons. The van der Waals surface area contributed by atoms with Crippen LogP contribution in [0.4, 0.5) is 0 Å². The number of carbonyl (C=O) groups excluding carboxylic acids is 1. The molecule has 0 spiro atoms. The van der Waals surface area contributed by atoms with Crippen LogP contribution in [0.25, 0.3) is 0 Å². The molecule has 0 aromatic carbocycles. The van der Waals surface area contributed by atoms with E-state index in [1.54, 1.807) is 0 Å². The van der Waals surface area contributed by atoms with Crippen LogP contribution in [0.1, 0.15) is 39.5 Å². The van der Waals surface area contributed by atoms with Crippen LogP contribution in [-0.4, -0.2) is 25.0 Å². The van der Waals surface area contributed by atoms with E-state index in [0.29, 0.717) is 18.3 Å². The third-order valence-corrected chi connectivity index (χ3v) is 3.62. The van der Waals surface area contributed by atoms with E-state index in [2.05, 4.69) is 24.1 Å². The standard InChI is InChI=1S/C14H26N2O.ClH/c1-4-5-12(3)16-14(17)10-11(2)13-6-8-15-9-7-13;/h4,11-13,15H,1,5-10H2,2-3H3,(H,16,17);1H. The molecule has 1 fully saturated rings. The molecule has 18 heavy (non-hydrogen) atoms. The van der Waals surface area contributed by atoms with E-state index in [1.807, 2.05) is 13.0 Å². The zero-order chi connectivity index (χ0) is 12.7.